The number of hydrogen-bond acceptors (Lipinski definition) is 10. The van der Waals surface area contributed by atoms with Gasteiger partial charge in [-0.25, -0.2) is 13.4 Å². The molecule has 2 N–H and O–H groups in total. The molecule has 1 unspecified atom stereocenters. The number of H-pyrrole nitrogens is 1. The summed E-state index contributed by atoms with van der Waals surface area (Å²) in [7, 11) is -3.62. The SMILES string of the molecule is CC(C)C1CS(=O)(=O)c2c1nc(CCC1CCOCC1)c(-c1nnc[nH]1)c2-c1cc2ccnc(N[C@@H]3CCc4ncccc43)c2s1. The standard InChI is InChI=1S/C34H37N7O3S2/c1-19(2)23-17-46(42,43)32-29(28(33-37-18-38-41-33)26(39-30(23)32)6-5-20-10-14-44-15-11-20)27-16-21-9-13-36-34(31(21)45-27)40-25-8-7-24-22(25)4-3-12-35-24/h3-4,9,12-13,16,18-20,23,25H,5-8,10-11,14-15,17H2,1-2H3,(H,36,40)(H,37,38,41)/t23?,25-/m1/s1. The molecule has 0 aromatic carbocycles. The van der Waals surface area contributed by atoms with E-state index in [1.165, 1.54) is 5.56 Å². The molecule has 1 aliphatic carbocycles. The molecule has 0 bridgehead atoms. The van der Waals surface area contributed by atoms with Gasteiger partial charge in [0.25, 0.3) is 0 Å². The molecule has 5 aromatic heterocycles. The van der Waals surface area contributed by atoms with Crippen molar-refractivity contribution in [2.75, 3.05) is 24.3 Å². The molecule has 1 fully saturated rings. The zero-order valence-corrected chi connectivity index (χ0v) is 27.6. The molecule has 10 nitrogen and oxygen atoms in total. The quantitative estimate of drug-likeness (QED) is 0.191. The summed E-state index contributed by atoms with van der Waals surface area (Å²) in [6.07, 6.45) is 10.8. The van der Waals surface area contributed by atoms with E-state index in [0.717, 1.165) is 89.5 Å². The highest BCUT2D eigenvalue weighted by molar-refractivity contribution is 7.92. The predicted octanol–water partition coefficient (Wildman–Crippen LogP) is 6.52. The van der Waals surface area contributed by atoms with E-state index in [4.69, 9.17) is 14.7 Å². The first kappa shape index (κ1) is 29.6. The third-order valence-corrected chi connectivity index (χ3v) is 12.9. The van der Waals surface area contributed by atoms with Crippen molar-refractivity contribution < 1.29 is 13.2 Å². The maximum absolute atomic E-state index is 14.1. The van der Waals surface area contributed by atoms with Crippen LogP contribution in [-0.4, -0.2) is 57.5 Å². The second-order valence-electron chi connectivity index (χ2n) is 13.1. The molecule has 2 atom stereocenters. The van der Waals surface area contributed by atoms with Gasteiger partial charge in [-0.15, -0.1) is 21.5 Å². The number of aromatic nitrogens is 6. The minimum atomic E-state index is -3.62. The molecular formula is C34H37N7O3S2. The number of fused-ring (bicyclic) bond motifs is 3. The van der Waals surface area contributed by atoms with E-state index < -0.39 is 9.84 Å². The number of nitrogens with zero attached hydrogens (tertiary/aromatic N) is 5. The summed E-state index contributed by atoms with van der Waals surface area (Å²) in [5.74, 6) is 1.90. The van der Waals surface area contributed by atoms with E-state index in [0.29, 0.717) is 27.9 Å². The van der Waals surface area contributed by atoms with Crippen molar-refractivity contribution in [2.45, 2.75) is 69.2 Å². The Morgan fingerprint density at radius 1 is 1.11 bits per heavy atom. The molecule has 0 spiro atoms. The molecule has 3 aliphatic rings. The molecule has 12 heteroatoms. The van der Waals surface area contributed by atoms with Crippen molar-refractivity contribution in [2.24, 2.45) is 11.8 Å². The number of anilines is 1. The van der Waals surface area contributed by atoms with Gasteiger partial charge in [0.15, 0.2) is 15.7 Å². The summed E-state index contributed by atoms with van der Waals surface area (Å²) >= 11 is 1.57. The van der Waals surface area contributed by atoms with E-state index in [1.54, 1.807) is 17.7 Å². The van der Waals surface area contributed by atoms with Gasteiger partial charge in [-0.2, -0.15) is 0 Å². The summed E-state index contributed by atoms with van der Waals surface area (Å²) in [6, 6.07) is 8.33. The van der Waals surface area contributed by atoms with Crippen LogP contribution in [0.5, 0.6) is 0 Å². The molecule has 46 heavy (non-hydrogen) atoms. The van der Waals surface area contributed by atoms with Gasteiger partial charge in [0, 0.05) is 47.7 Å². The van der Waals surface area contributed by atoms with Gasteiger partial charge in [-0.1, -0.05) is 19.9 Å². The first-order chi connectivity index (χ1) is 22.4. The smallest absolute Gasteiger partial charge is 0.181 e. The molecule has 238 valence electrons. The van der Waals surface area contributed by atoms with E-state index >= 15 is 0 Å². The number of ether oxygens (including phenoxy) is 1. The average molecular weight is 656 g/mol. The number of hydrogen-bond donors (Lipinski definition) is 2. The molecule has 7 heterocycles. The second-order valence-corrected chi connectivity index (χ2v) is 16.1. The third kappa shape index (κ3) is 5.20. The molecule has 0 amide bonds. The topological polar surface area (TPSA) is 136 Å². The lowest BCUT2D eigenvalue weighted by molar-refractivity contribution is 0.0639. The Labute approximate surface area is 272 Å². The fourth-order valence-electron chi connectivity index (χ4n) is 7.40. The van der Waals surface area contributed by atoms with Crippen LogP contribution in [0.15, 0.2) is 47.9 Å². The van der Waals surface area contributed by atoms with Crippen LogP contribution < -0.4 is 5.32 Å². The summed E-state index contributed by atoms with van der Waals surface area (Å²) in [4.78, 5) is 19.0. The van der Waals surface area contributed by atoms with Gasteiger partial charge in [0.05, 0.1) is 38.3 Å². The number of rotatable bonds is 8. The molecule has 1 saturated heterocycles. The molecule has 8 rings (SSSR count). The Morgan fingerprint density at radius 3 is 2.78 bits per heavy atom. The van der Waals surface area contributed by atoms with E-state index in [9.17, 15) is 8.42 Å². The number of aromatic amines is 1. The van der Waals surface area contributed by atoms with E-state index in [2.05, 4.69) is 51.5 Å². The van der Waals surface area contributed by atoms with Crippen LogP contribution in [0, 0.1) is 11.8 Å². The number of thiophene rings is 1. The lowest BCUT2D eigenvalue weighted by Crippen LogP contribution is -2.17. The van der Waals surface area contributed by atoms with Gasteiger partial charge in [0.2, 0.25) is 0 Å². The third-order valence-electron chi connectivity index (χ3n) is 9.87. The van der Waals surface area contributed by atoms with Gasteiger partial charge in [-0.3, -0.25) is 9.97 Å². The van der Waals surface area contributed by atoms with Gasteiger partial charge < -0.3 is 15.0 Å². The van der Waals surface area contributed by atoms with E-state index in [1.807, 2.05) is 24.5 Å². The molecule has 5 aromatic rings. The van der Waals surface area contributed by atoms with Crippen molar-refractivity contribution >= 4 is 37.1 Å². The lowest BCUT2D eigenvalue weighted by atomic mass is 9.89. The maximum atomic E-state index is 14.1. The van der Waals surface area contributed by atoms with Crippen molar-refractivity contribution in [1.82, 2.24) is 30.1 Å². The zero-order chi connectivity index (χ0) is 31.4. The lowest BCUT2D eigenvalue weighted by Gasteiger charge is -2.23. The first-order valence-corrected chi connectivity index (χ1v) is 18.7. The summed E-state index contributed by atoms with van der Waals surface area (Å²) in [5, 5.41) is 13.2. The highest BCUT2D eigenvalue weighted by atomic mass is 32.2. The Kier molecular flexibility index (Phi) is 7.61. The van der Waals surface area contributed by atoms with Gasteiger partial charge >= 0.3 is 0 Å². The van der Waals surface area contributed by atoms with Crippen LogP contribution in [0.1, 0.15) is 74.1 Å². The molecule has 0 radical (unpaired) electrons. The summed E-state index contributed by atoms with van der Waals surface area (Å²) in [5.41, 5.74) is 5.33. The number of pyridine rings is 3. The molecular weight excluding hydrogens is 619 g/mol. The normalized spacial score (nSPS) is 20.8. The predicted molar refractivity (Wildman–Crippen MR) is 179 cm³/mol. The molecule has 2 aliphatic heterocycles. The van der Waals surface area contributed by atoms with Crippen LogP contribution in [0.2, 0.25) is 0 Å². The fourth-order valence-corrected chi connectivity index (χ4v) is 10.9. The highest BCUT2D eigenvalue weighted by Crippen LogP contribution is 2.51. The Hall–Kier alpha value is -3.74. The van der Waals surface area contributed by atoms with Crippen molar-refractivity contribution in [3.05, 3.63) is 65.6 Å². The number of nitrogens with one attached hydrogen (secondary N) is 2. The number of aryl methyl sites for hydroxylation is 2. The van der Waals surface area contributed by atoms with Crippen LogP contribution in [-0.2, 0) is 27.4 Å². The number of sulfone groups is 1. The van der Waals surface area contributed by atoms with Crippen LogP contribution in [0.4, 0.5) is 5.82 Å². The van der Waals surface area contributed by atoms with Crippen LogP contribution >= 0.6 is 11.3 Å². The summed E-state index contributed by atoms with van der Waals surface area (Å²) < 4.78 is 34.8. The largest absolute Gasteiger partial charge is 0.381 e. The highest BCUT2D eigenvalue weighted by Gasteiger charge is 2.43. The van der Waals surface area contributed by atoms with Crippen LogP contribution in [0.25, 0.3) is 31.9 Å². The second kappa shape index (κ2) is 11.8. The maximum Gasteiger partial charge on any atom is 0.181 e. The minimum absolute atomic E-state index is 0.0631. The Bertz CT molecular complexity index is 2020. The van der Waals surface area contributed by atoms with Gasteiger partial charge in [0.1, 0.15) is 12.1 Å². The Morgan fingerprint density at radius 2 is 1.98 bits per heavy atom. The van der Waals surface area contributed by atoms with Crippen molar-refractivity contribution in [1.29, 1.82) is 0 Å². The van der Waals surface area contributed by atoms with Crippen molar-refractivity contribution in [3.63, 3.8) is 0 Å². The monoisotopic (exact) mass is 655 g/mol. The van der Waals surface area contributed by atoms with Crippen LogP contribution in [0.3, 0.4) is 0 Å². The summed E-state index contributed by atoms with van der Waals surface area (Å²) in [6.45, 7) is 5.74. The Balaban J connectivity index is 1.30. The average Bonchev–Trinajstić information content (AvgIpc) is 3.86. The van der Waals surface area contributed by atoms with Crippen molar-refractivity contribution in [3.8, 4) is 21.8 Å². The zero-order valence-electron chi connectivity index (χ0n) is 26.0. The minimum Gasteiger partial charge on any atom is -0.381 e. The first-order valence-electron chi connectivity index (χ1n) is 16.2. The van der Waals surface area contributed by atoms with E-state index in [-0.39, 0.29) is 23.6 Å². The van der Waals surface area contributed by atoms with Gasteiger partial charge in [-0.05, 0) is 79.5 Å². The molecule has 0 saturated carbocycles. The fraction of sp³-hybridized carbons (Fsp3) is 0.441.